The Bertz CT molecular complexity index is 592. The minimum atomic E-state index is 0.285. The highest BCUT2D eigenvalue weighted by molar-refractivity contribution is 5.41. The molecule has 2 heteroatoms. The van der Waals surface area contributed by atoms with Gasteiger partial charge in [0.15, 0.2) is 0 Å². The Morgan fingerprint density at radius 3 is 2.52 bits per heavy atom. The molecule has 0 saturated heterocycles. The smallest absolute Gasteiger partial charge is 0.132 e. The van der Waals surface area contributed by atoms with Crippen molar-refractivity contribution in [2.45, 2.75) is 40.2 Å². The van der Waals surface area contributed by atoms with Gasteiger partial charge >= 0.3 is 0 Å². The van der Waals surface area contributed by atoms with Crippen molar-refractivity contribution in [2.24, 2.45) is 0 Å². The lowest BCUT2D eigenvalue weighted by Gasteiger charge is -2.18. The highest BCUT2D eigenvalue weighted by atomic mass is 16.5. The van der Waals surface area contributed by atoms with Crippen molar-refractivity contribution in [3.8, 4) is 11.5 Å². The first kappa shape index (κ1) is 15.6. The van der Waals surface area contributed by atoms with Gasteiger partial charge in [0, 0.05) is 11.6 Å². The predicted molar refractivity (Wildman–Crippen MR) is 89.1 cm³/mol. The maximum absolute atomic E-state index is 6.11. The quantitative estimate of drug-likeness (QED) is 0.791. The first-order valence-electron chi connectivity index (χ1n) is 7.69. The molecule has 21 heavy (non-hydrogen) atoms. The summed E-state index contributed by atoms with van der Waals surface area (Å²) in [5, 5.41) is 3.52. The fourth-order valence-electron chi connectivity index (χ4n) is 2.31. The number of ether oxygens (including phenoxy) is 1. The van der Waals surface area contributed by atoms with Crippen LogP contribution in [0, 0.1) is 13.8 Å². The Hall–Kier alpha value is -1.80. The summed E-state index contributed by atoms with van der Waals surface area (Å²) in [6.07, 6.45) is 1.13. The van der Waals surface area contributed by atoms with Gasteiger partial charge in [0.2, 0.25) is 0 Å². The van der Waals surface area contributed by atoms with Crippen LogP contribution in [0.15, 0.2) is 42.5 Å². The van der Waals surface area contributed by atoms with Gasteiger partial charge in [-0.3, -0.25) is 0 Å². The number of hydrogen-bond acceptors (Lipinski definition) is 2. The maximum Gasteiger partial charge on any atom is 0.132 e. The SMILES string of the molecule is CCCNC(C)c1ccccc1Oc1ccc(C)c(C)c1. The van der Waals surface area contributed by atoms with Crippen LogP contribution < -0.4 is 10.1 Å². The fraction of sp³-hybridized carbons (Fsp3) is 0.368. The molecule has 0 aliphatic carbocycles. The summed E-state index contributed by atoms with van der Waals surface area (Å²) in [5.41, 5.74) is 3.74. The number of aryl methyl sites for hydroxylation is 2. The van der Waals surface area contributed by atoms with Crippen LogP contribution in [0.3, 0.4) is 0 Å². The van der Waals surface area contributed by atoms with E-state index in [0.29, 0.717) is 0 Å². The molecule has 1 atom stereocenters. The van der Waals surface area contributed by atoms with Crippen LogP contribution in [0.5, 0.6) is 11.5 Å². The van der Waals surface area contributed by atoms with Crippen LogP contribution in [-0.4, -0.2) is 6.54 Å². The van der Waals surface area contributed by atoms with E-state index in [1.807, 2.05) is 18.2 Å². The lowest BCUT2D eigenvalue weighted by Crippen LogP contribution is -2.19. The molecule has 0 aliphatic heterocycles. The van der Waals surface area contributed by atoms with Crippen molar-refractivity contribution >= 4 is 0 Å². The van der Waals surface area contributed by atoms with Crippen LogP contribution >= 0.6 is 0 Å². The minimum absolute atomic E-state index is 0.285. The predicted octanol–water partition coefficient (Wildman–Crippen LogP) is 5.16. The lowest BCUT2D eigenvalue weighted by atomic mass is 10.1. The van der Waals surface area contributed by atoms with Gasteiger partial charge in [-0.2, -0.15) is 0 Å². The molecule has 0 heterocycles. The average molecular weight is 283 g/mol. The Labute approximate surface area is 128 Å². The molecule has 0 amide bonds. The first-order chi connectivity index (χ1) is 10.1. The number of benzene rings is 2. The van der Waals surface area contributed by atoms with Crippen molar-refractivity contribution in [2.75, 3.05) is 6.54 Å². The molecule has 2 rings (SSSR count). The van der Waals surface area contributed by atoms with Gasteiger partial charge < -0.3 is 10.1 Å². The van der Waals surface area contributed by atoms with Gasteiger partial charge in [-0.05, 0) is 63.1 Å². The third-order valence-corrected chi connectivity index (χ3v) is 3.79. The average Bonchev–Trinajstić information content (AvgIpc) is 2.49. The summed E-state index contributed by atoms with van der Waals surface area (Å²) in [4.78, 5) is 0. The largest absolute Gasteiger partial charge is 0.457 e. The van der Waals surface area contributed by atoms with E-state index in [1.165, 1.54) is 16.7 Å². The molecule has 0 fully saturated rings. The molecule has 0 aromatic heterocycles. The molecule has 1 unspecified atom stereocenters. The van der Waals surface area contributed by atoms with Crippen LogP contribution in [0.25, 0.3) is 0 Å². The molecule has 2 aromatic rings. The van der Waals surface area contributed by atoms with E-state index in [4.69, 9.17) is 4.74 Å². The van der Waals surface area contributed by atoms with E-state index in [0.717, 1.165) is 24.5 Å². The molecule has 1 N–H and O–H groups in total. The highest BCUT2D eigenvalue weighted by Crippen LogP contribution is 2.30. The van der Waals surface area contributed by atoms with Crippen molar-refractivity contribution in [1.29, 1.82) is 0 Å². The summed E-state index contributed by atoms with van der Waals surface area (Å²) in [6.45, 7) is 9.60. The van der Waals surface area contributed by atoms with Gasteiger partial charge in [0.25, 0.3) is 0 Å². The third kappa shape index (κ3) is 4.08. The number of nitrogens with one attached hydrogen (secondary N) is 1. The standard InChI is InChI=1S/C19H25NO/c1-5-12-20-16(4)18-8-6-7-9-19(18)21-17-11-10-14(2)15(3)13-17/h6-11,13,16,20H,5,12H2,1-4H3. The lowest BCUT2D eigenvalue weighted by molar-refractivity contribution is 0.460. The van der Waals surface area contributed by atoms with Crippen molar-refractivity contribution in [1.82, 2.24) is 5.32 Å². The Balaban J connectivity index is 2.21. The van der Waals surface area contributed by atoms with Crippen LogP contribution in [-0.2, 0) is 0 Å². The zero-order valence-electron chi connectivity index (χ0n) is 13.4. The van der Waals surface area contributed by atoms with Crippen LogP contribution in [0.2, 0.25) is 0 Å². The van der Waals surface area contributed by atoms with E-state index in [2.05, 4.69) is 57.3 Å². The molecule has 0 radical (unpaired) electrons. The Kier molecular flexibility index (Phi) is 5.40. The highest BCUT2D eigenvalue weighted by Gasteiger charge is 2.11. The second-order valence-electron chi connectivity index (χ2n) is 5.56. The molecule has 0 spiro atoms. The molecule has 0 saturated carbocycles. The normalized spacial score (nSPS) is 12.2. The topological polar surface area (TPSA) is 21.3 Å². The van der Waals surface area contributed by atoms with Crippen molar-refractivity contribution in [3.63, 3.8) is 0 Å². The van der Waals surface area contributed by atoms with Gasteiger partial charge in [0.1, 0.15) is 11.5 Å². The van der Waals surface area contributed by atoms with E-state index in [-0.39, 0.29) is 6.04 Å². The van der Waals surface area contributed by atoms with E-state index < -0.39 is 0 Å². The number of rotatable bonds is 6. The zero-order valence-corrected chi connectivity index (χ0v) is 13.4. The van der Waals surface area contributed by atoms with E-state index >= 15 is 0 Å². The second-order valence-corrected chi connectivity index (χ2v) is 5.56. The summed E-state index contributed by atoms with van der Waals surface area (Å²) in [5.74, 6) is 1.82. The Morgan fingerprint density at radius 2 is 1.81 bits per heavy atom. The van der Waals surface area contributed by atoms with Crippen molar-refractivity contribution in [3.05, 3.63) is 59.2 Å². The molecular weight excluding hydrogens is 258 g/mol. The van der Waals surface area contributed by atoms with Crippen LogP contribution in [0.1, 0.15) is 43.0 Å². The van der Waals surface area contributed by atoms with Gasteiger partial charge in [-0.15, -0.1) is 0 Å². The van der Waals surface area contributed by atoms with E-state index in [1.54, 1.807) is 0 Å². The molecular formula is C19H25NO. The van der Waals surface area contributed by atoms with E-state index in [9.17, 15) is 0 Å². The van der Waals surface area contributed by atoms with Gasteiger partial charge in [-0.1, -0.05) is 31.2 Å². The fourth-order valence-corrected chi connectivity index (χ4v) is 2.31. The summed E-state index contributed by atoms with van der Waals surface area (Å²) in [7, 11) is 0. The maximum atomic E-state index is 6.11. The molecule has 2 nitrogen and oxygen atoms in total. The number of para-hydroxylation sites is 1. The van der Waals surface area contributed by atoms with Crippen molar-refractivity contribution < 1.29 is 4.74 Å². The molecule has 2 aromatic carbocycles. The van der Waals surface area contributed by atoms with Crippen LogP contribution in [0.4, 0.5) is 0 Å². The summed E-state index contributed by atoms with van der Waals surface area (Å²) >= 11 is 0. The second kappa shape index (κ2) is 7.28. The van der Waals surface area contributed by atoms with Gasteiger partial charge in [-0.25, -0.2) is 0 Å². The summed E-state index contributed by atoms with van der Waals surface area (Å²) < 4.78 is 6.11. The first-order valence-corrected chi connectivity index (χ1v) is 7.69. The molecule has 0 aliphatic rings. The summed E-state index contributed by atoms with van der Waals surface area (Å²) in [6, 6.07) is 14.8. The molecule has 0 bridgehead atoms. The third-order valence-electron chi connectivity index (χ3n) is 3.79. The Morgan fingerprint density at radius 1 is 1.05 bits per heavy atom. The zero-order chi connectivity index (χ0) is 15.2. The minimum Gasteiger partial charge on any atom is -0.457 e. The number of hydrogen-bond donors (Lipinski definition) is 1. The van der Waals surface area contributed by atoms with Gasteiger partial charge in [0.05, 0.1) is 0 Å². The monoisotopic (exact) mass is 283 g/mol. The molecule has 112 valence electrons.